The maximum atomic E-state index is 14.6. The van der Waals surface area contributed by atoms with Crippen LogP contribution in [-0.2, 0) is 0 Å². The summed E-state index contributed by atoms with van der Waals surface area (Å²) < 4.78 is 23.0. The van der Waals surface area contributed by atoms with Crippen LogP contribution in [0.3, 0.4) is 0 Å². The number of aromatic nitrogens is 6. The van der Waals surface area contributed by atoms with E-state index in [1.54, 1.807) is 49.8 Å². The van der Waals surface area contributed by atoms with Gasteiger partial charge < -0.3 is 9.09 Å². The molecule has 29 heavy (non-hydrogen) atoms. The molecule has 0 fully saturated rings. The summed E-state index contributed by atoms with van der Waals surface area (Å²) in [6.07, 6.45) is 4.97. The lowest BCUT2D eigenvalue weighted by Crippen LogP contribution is -2.25. The fourth-order valence-corrected chi connectivity index (χ4v) is 3.41. The molecule has 8 nitrogen and oxygen atoms in total. The van der Waals surface area contributed by atoms with Gasteiger partial charge in [-0.15, -0.1) is 10.2 Å². The molecule has 0 aliphatic carbocycles. The van der Waals surface area contributed by atoms with Gasteiger partial charge in [0.1, 0.15) is 0 Å². The van der Waals surface area contributed by atoms with Gasteiger partial charge in [0.05, 0.1) is 22.6 Å². The van der Waals surface area contributed by atoms with Crippen molar-refractivity contribution >= 4 is 16.6 Å². The fourth-order valence-electron chi connectivity index (χ4n) is 3.41. The first-order valence-corrected chi connectivity index (χ1v) is 8.96. The number of nitrogens with zero attached hydrogens (tertiary/aromatic N) is 6. The molecular formula is C20H15FN6O2. The molecule has 0 aliphatic heterocycles. The molecule has 0 radical (unpaired) electrons. The summed E-state index contributed by atoms with van der Waals surface area (Å²) in [5, 5.41) is 12.5. The predicted molar refractivity (Wildman–Crippen MR) is 103 cm³/mol. The number of halogens is 1. The summed E-state index contributed by atoms with van der Waals surface area (Å²) in [7, 11) is 0. The molecule has 0 unspecified atom stereocenters. The molecular weight excluding hydrogens is 375 g/mol. The molecule has 0 spiro atoms. The Morgan fingerprint density at radius 2 is 2.07 bits per heavy atom. The highest BCUT2D eigenvalue weighted by molar-refractivity contribution is 5.76. The van der Waals surface area contributed by atoms with Crippen LogP contribution in [0.2, 0.25) is 0 Å². The lowest BCUT2D eigenvalue weighted by Gasteiger charge is -2.14. The van der Waals surface area contributed by atoms with E-state index < -0.39 is 11.9 Å². The highest BCUT2D eigenvalue weighted by Gasteiger charge is 2.20. The first-order valence-electron chi connectivity index (χ1n) is 8.96. The van der Waals surface area contributed by atoms with Gasteiger partial charge in [-0.1, -0.05) is 5.16 Å². The molecule has 0 saturated carbocycles. The first-order chi connectivity index (χ1) is 14.0. The van der Waals surface area contributed by atoms with E-state index in [0.717, 1.165) is 0 Å². The molecule has 5 aromatic heterocycles. The van der Waals surface area contributed by atoms with Gasteiger partial charge in [-0.3, -0.25) is 14.2 Å². The second kappa shape index (κ2) is 6.33. The SMILES string of the molecule is Cc1cc(-c2cc(F)c3nnc([C@H](C)n4ccc5ncccc5c4=O)n3c2)on1. The summed E-state index contributed by atoms with van der Waals surface area (Å²) >= 11 is 0. The van der Waals surface area contributed by atoms with E-state index >= 15 is 0 Å². The fraction of sp³-hybridized carbons (Fsp3) is 0.150. The average Bonchev–Trinajstić information content (AvgIpc) is 3.34. The molecule has 0 aromatic carbocycles. The van der Waals surface area contributed by atoms with Crippen molar-refractivity contribution < 1.29 is 8.91 Å². The van der Waals surface area contributed by atoms with Gasteiger partial charge in [0.15, 0.2) is 23.0 Å². The number of pyridine rings is 3. The number of aryl methyl sites for hydroxylation is 1. The van der Waals surface area contributed by atoms with E-state index in [-0.39, 0.29) is 11.2 Å². The molecule has 1 atom stereocenters. The zero-order valence-corrected chi connectivity index (χ0v) is 15.6. The third-order valence-corrected chi connectivity index (χ3v) is 4.89. The summed E-state index contributed by atoms with van der Waals surface area (Å²) in [4.78, 5) is 17.1. The van der Waals surface area contributed by atoms with Crippen LogP contribution in [0, 0.1) is 12.7 Å². The van der Waals surface area contributed by atoms with Crippen molar-refractivity contribution in [3.63, 3.8) is 0 Å². The Labute approximate surface area is 163 Å². The molecule has 5 aromatic rings. The molecule has 0 aliphatic rings. The topological polar surface area (TPSA) is 91.1 Å². The van der Waals surface area contributed by atoms with Crippen LogP contribution in [-0.4, -0.2) is 29.3 Å². The zero-order chi connectivity index (χ0) is 20.1. The number of hydrogen-bond acceptors (Lipinski definition) is 6. The Morgan fingerprint density at radius 1 is 1.21 bits per heavy atom. The monoisotopic (exact) mass is 390 g/mol. The van der Waals surface area contributed by atoms with Gasteiger partial charge in [0, 0.05) is 30.2 Å². The van der Waals surface area contributed by atoms with Crippen LogP contribution < -0.4 is 5.56 Å². The normalized spacial score (nSPS) is 12.7. The maximum absolute atomic E-state index is 14.6. The lowest BCUT2D eigenvalue weighted by molar-refractivity contribution is 0.426. The number of hydrogen-bond donors (Lipinski definition) is 0. The van der Waals surface area contributed by atoms with Crippen LogP contribution in [0.1, 0.15) is 24.5 Å². The van der Waals surface area contributed by atoms with Crippen LogP contribution in [0.5, 0.6) is 0 Å². The molecule has 0 saturated heterocycles. The van der Waals surface area contributed by atoms with Crippen LogP contribution in [0.4, 0.5) is 4.39 Å². The second-order valence-corrected chi connectivity index (χ2v) is 6.80. The van der Waals surface area contributed by atoms with Crippen molar-refractivity contribution in [2.24, 2.45) is 0 Å². The molecule has 0 amide bonds. The summed E-state index contributed by atoms with van der Waals surface area (Å²) in [6, 6.07) is 7.75. The van der Waals surface area contributed by atoms with E-state index in [4.69, 9.17) is 4.52 Å². The molecule has 5 rings (SSSR count). The summed E-state index contributed by atoms with van der Waals surface area (Å²) in [6.45, 7) is 3.60. The minimum atomic E-state index is -0.544. The Morgan fingerprint density at radius 3 is 2.86 bits per heavy atom. The third kappa shape index (κ3) is 2.70. The molecule has 5 heterocycles. The predicted octanol–water partition coefficient (Wildman–Crippen LogP) is 3.15. The Kier molecular flexibility index (Phi) is 3.76. The Bertz CT molecular complexity index is 1430. The van der Waals surface area contributed by atoms with Crippen LogP contribution in [0.15, 0.2) is 58.2 Å². The van der Waals surface area contributed by atoms with Crippen molar-refractivity contribution in [1.82, 2.24) is 29.3 Å². The first kappa shape index (κ1) is 17.2. The molecule has 0 N–H and O–H groups in total. The third-order valence-electron chi connectivity index (χ3n) is 4.89. The smallest absolute Gasteiger partial charge is 0.260 e. The van der Waals surface area contributed by atoms with Crippen molar-refractivity contribution in [2.45, 2.75) is 19.9 Å². The summed E-state index contributed by atoms with van der Waals surface area (Å²) in [5.41, 5.74) is 1.67. The highest BCUT2D eigenvalue weighted by Crippen LogP contribution is 2.25. The standard InChI is InChI=1S/C20H15FN6O2/c1-11-8-17(29-25-11)13-9-15(21)19-24-23-18(27(19)10-13)12(2)26-7-5-16-14(20(26)28)4-3-6-22-16/h3-10,12H,1-2H3/t12-/m0/s1. The largest absolute Gasteiger partial charge is 0.356 e. The zero-order valence-electron chi connectivity index (χ0n) is 15.6. The van der Waals surface area contributed by atoms with E-state index in [2.05, 4.69) is 20.3 Å². The van der Waals surface area contributed by atoms with Crippen LogP contribution in [0.25, 0.3) is 27.9 Å². The number of fused-ring (bicyclic) bond motifs is 2. The summed E-state index contributed by atoms with van der Waals surface area (Å²) in [5.74, 6) is 0.310. The van der Waals surface area contributed by atoms with Crippen LogP contribution >= 0.6 is 0 Å². The minimum absolute atomic E-state index is 0.0716. The minimum Gasteiger partial charge on any atom is -0.356 e. The highest BCUT2D eigenvalue weighted by atomic mass is 19.1. The van der Waals surface area contributed by atoms with Crippen molar-refractivity contribution in [1.29, 1.82) is 0 Å². The Balaban J connectivity index is 1.68. The van der Waals surface area contributed by atoms with Gasteiger partial charge >= 0.3 is 0 Å². The van der Waals surface area contributed by atoms with Crippen molar-refractivity contribution in [3.05, 3.63) is 76.6 Å². The molecule has 0 bridgehead atoms. The maximum Gasteiger partial charge on any atom is 0.260 e. The lowest BCUT2D eigenvalue weighted by atomic mass is 10.2. The molecule has 144 valence electrons. The quantitative estimate of drug-likeness (QED) is 0.470. The second-order valence-electron chi connectivity index (χ2n) is 6.80. The van der Waals surface area contributed by atoms with E-state index in [0.29, 0.717) is 33.7 Å². The average molecular weight is 390 g/mol. The van der Waals surface area contributed by atoms with Gasteiger partial charge in [-0.05, 0) is 38.1 Å². The van der Waals surface area contributed by atoms with E-state index in [9.17, 15) is 9.18 Å². The van der Waals surface area contributed by atoms with Gasteiger partial charge in [-0.25, -0.2) is 4.39 Å². The van der Waals surface area contributed by atoms with Gasteiger partial charge in [0.25, 0.3) is 5.56 Å². The van der Waals surface area contributed by atoms with Crippen molar-refractivity contribution in [2.75, 3.05) is 0 Å². The van der Waals surface area contributed by atoms with Gasteiger partial charge in [-0.2, -0.15) is 0 Å². The van der Waals surface area contributed by atoms with Gasteiger partial charge in [0.2, 0.25) is 0 Å². The van der Waals surface area contributed by atoms with E-state index in [1.807, 2.05) is 6.92 Å². The molecule has 9 heteroatoms. The van der Waals surface area contributed by atoms with E-state index in [1.165, 1.54) is 15.0 Å². The van der Waals surface area contributed by atoms with Crippen molar-refractivity contribution in [3.8, 4) is 11.3 Å². The Hall–Kier alpha value is -3.88. The number of rotatable bonds is 3.